The highest BCUT2D eigenvalue weighted by Gasteiger charge is 1.99. The van der Waals surface area contributed by atoms with E-state index in [0.29, 0.717) is 5.02 Å². The molecule has 0 N–H and O–H groups in total. The number of benzene rings is 1. The Morgan fingerprint density at radius 3 is 2.75 bits per heavy atom. The highest BCUT2D eigenvalue weighted by molar-refractivity contribution is 6.32. The fourth-order valence-electron chi connectivity index (χ4n) is 0.970. The molecule has 12 heavy (non-hydrogen) atoms. The summed E-state index contributed by atoms with van der Waals surface area (Å²) >= 11 is 5.93. The van der Waals surface area contributed by atoms with Crippen molar-refractivity contribution in [1.82, 2.24) is 14.8 Å². The summed E-state index contributed by atoms with van der Waals surface area (Å²) < 4.78 is 1.63. The van der Waals surface area contributed by atoms with Crippen LogP contribution in [0.15, 0.2) is 36.9 Å². The van der Waals surface area contributed by atoms with Crippen molar-refractivity contribution in [3.05, 3.63) is 41.9 Å². The summed E-state index contributed by atoms with van der Waals surface area (Å²) in [6.07, 6.45) is 3.09. The van der Waals surface area contributed by atoms with Crippen molar-refractivity contribution in [1.29, 1.82) is 0 Å². The predicted molar refractivity (Wildman–Crippen MR) is 46.4 cm³/mol. The molecule has 1 aromatic heterocycles. The van der Waals surface area contributed by atoms with E-state index in [-0.39, 0.29) is 0 Å². The Balaban J connectivity index is 2.55. The van der Waals surface area contributed by atoms with E-state index in [0.717, 1.165) is 5.69 Å². The molecule has 0 aliphatic heterocycles. The van der Waals surface area contributed by atoms with Crippen LogP contribution in [0.2, 0.25) is 5.02 Å². The van der Waals surface area contributed by atoms with Crippen LogP contribution in [0.1, 0.15) is 0 Å². The fourth-order valence-corrected chi connectivity index (χ4v) is 1.19. The van der Waals surface area contributed by atoms with Crippen LogP contribution in [0.5, 0.6) is 0 Å². The SMILES string of the molecule is Clc1ccccc1-n1cncn1. The minimum Gasteiger partial charge on any atom is -0.223 e. The van der Waals surface area contributed by atoms with Crippen LogP contribution in [0.4, 0.5) is 0 Å². The molecule has 4 heteroatoms. The average molecular weight is 180 g/mol. The number of rotatable bonds is 1. The molecule has 0 unspecified atom stereocenters. The zero-order valence-corrected chi connectivity index (χ0v) is 6.94. The topological polar surface area (TPSA) is 30.7 Å². The van der Waals surface area contributed by atoms with Gasteiger partial charge in [-0.25, -0.2) is 9.67 Å². The smallest absolute Gasteiger partial charge is 0.138 e. The van der Waals surface area contributed by atoms with Crippen LogP contribution in [0.25, 0.3) is 5.69 Å². The van der Waals surface area contributed by atoms with E-state index in [2.05, 4.69) is 10.1 Å². The van der Waals surface area contributed by atoms with Gasteiger partial charge in [0, 0.05) is 0 Å². The maximum absolute atomic E-state index is 5.93. The van der Waals surface area contributed by atoms with Gasteiger partial charge < -0.3 is 0 Å². The lowest BCUT2D eigenvalue weighted by atomic mass is 10.3. The van der Waals surface area contributed by atoms with Crippen LogP contribution >= 0.6 is 11.6 Å². The van der Waals surface area contributed by atoms with E-state index in [1.54, 1.807) is 11.0 Å². The van der Waals surface area contributed by atoms with Crippen LogP contribution in [-0.2, 0) is 0 Å². The molecule has 2 rings (SSSR count). The summed E-state index contributed by atoms with van der Waals surface area (Å²) in [4.78, 5) is 3.83. The quantitative estimate of drug-likeness (QED) is 0.670. The summed E-state index contributed by atoms with van der Waals surface area (Å²) in [5, 5.41) is 4.64. The zero-order valence-electron chi connectivity index (χ0n) is 6.18. The number of nitrogens with zero attached hydrogens (tertiary/aromatic N) is 3. The average Bonchev–Trinajstić information content (AvgIpc) is 2.57. The van der Waals surface area contributed by atoms with Gasteiger partial charge in [0.1, 0.15) is 12.7 Å². The molecule has 0 bridgehead atoms. The van der Waals surface area contributed by atoms with Crippen molar-refractivity contribution in [2.75, 3.05) is 0 Å². The van der Waals surface area contributed by atoms with Crippen molar-refractivity contribution >= 4 is 11.6 Å². The summed E-state index contributed by atoms with van der Waals surface area (Å²) in [6, 6.07) is 7.49. The number of hydrogen-bond acceptors (Lipinski definition) is 2. The van der Waals surface area contributed by atoms with E-state index >= 15 is 0 Å². The molecule has 2 aromatic rings. The first-order valence-electron chi connectivity index (χ1n) is 3.47. The third-order valence-electron chi connectivity index (χ3n) is 1.52. The number of para-hydroxylation sites is 1. The molecule has 0 fully saturated rings. The molecule has 0 radical (unpaired) electrons. The van der Waals surface area contributed by atoms with Crippen LogP contribution in [-0.4, -0.2) is 14.8 Å². The summed E-state index contributed by atoms with van der Waals surface area (Å²) in [6.45, 7) is 0. The monoisotopic (exact) mass is 179 g/mol. The molecular formula is C8H6ClN3. The largest absolute Gasteiger partial charge is 0.223 e. The van der Waals surface area contributed by atoms with Gasteiger partial charge in [-0.05, 0) is 12.1 Å². The Morgan fingerprint density at radius 2 is 2.08 bits per heavy atom. The van der Waals surface area contributed by atoms with E-state index in [9.17, 15) is 0 Å². The molecule has 60 valence electrons. The summed E-state index contributed by atoms with van der Waals surface area (Å²) in [5.74, 6) is 0. The normalized spacial score (nSPS) is 10.1. The molecule has 0 atom stereocenters. The highest BCUT2D eigenvalue weighted by atomic mass is 35.5. The van der Waals surface area contributed by atoms with E-state index < -0.39 is 0 Å². The molecule has 1 heterocycles. The maximum Gasteiger partial charge on any atom is 0.138 e. The van der Waals surface area contributed by atoms with Gasteiger partial charge in [0.05, 0.1) is 10.7 Å². The second-order valence-electron chi connectivity index (χ2n) is 2.29. The van der Waals surface area contributed by atoms with Crippen LogP contribution < -0.4 is 0 Å². The van der Waals surface area contributed by atoms with Crippen molar-refractivity contribution in [2.45, 2.75) is 0 Å². The van der Waals surface area contributed by atoms with Crippen molar-refractivity contribution in [2.24, 2.45) is 0 Å². The number of hydrogen-bond donors (Lipinski definition) is 0. The first-order chi connectivity index (χ1) is 5.88. The fraction of sp³-hybridized carbons (Fsp3) is 0. The van der Waals surface area contributed by atoms with Gasteiger partial charge in [0.25, 0.3) is 0 Å². The van der Waals surface area contributed by atoms with Gasteiger partial charge >= 0.3 is 0 Å². The van der Waals surface area contributed by atoms with E-state index in [1.165, 1.54) is 6.33 Å². The Morgan fingerprint density at radius 1 is 1.25 bits per heavy atom. The molecule has 3 nitrogen and oxygen atoms in total. The lowest BCUT2D eigenvalue weighted by molar-refractivity contribution is 0.879. The Hall–Kier alpha value is -1.35. The Kier molecular flexibility index (Phi) is 1.80. The number of aromatic nitrogens is 3. The van der Waals surface area contributed by atoms with Gasteiger partial charge in [0.15, 0.2) is 0 Å². The van der Waals surface area contributed by atoms with Crippen LogP contribution in [0, 0.1) is 0 Å². The molecule has 0 saturated carbocycles. The molecule has 0 spiro atoms. The molecule has 0 aliphatic rings. The van der Waals surface area contributed by atoms with Gasteiger partial charge in [-0.15, -0.1) is 0 Å². The first-order valence-corrected chi connectivity index (χ1v) is 3.85. The lowest BCUT2D eigenvalue weighted by Crippen LogP contribution is -1.94. The summed E-state index contributed by atoms with van der Waals surface area (Å²) in [5.41, 5.74) is 0.844. The highest BCUT2D eigenvalue weighted by Crippen LogP contribution is 2.17. The minimum absolute atomic E-state index is 0.669. The second-order valence-corrected chi connectivity index (χ2v) is 2.70. The molecule has 0 aliphatic carbocycles. The summed E-state index contributed by atoms with van der Waals surface area (Å²) in [7, 11) is 0. The third kappa shape index (κ3) is 1.19. The van der Waals surface area contributed by atoms with Crippen LogP contribution in [0.3, 0.4) is 0 Å². The van der Waals surface area contributed by atoms with Gasteiger partial charge in [-0.1, -0.05) is 23.7 Å². The maximum atomic E-state index is 5.93. The molecular weight excluding hydrogens is 174 g/mol. The molecule has 1 aromatic carbocycles. The van der Waals surface area contributed by atoms with E-state index in [4.69, 9.17) is 11.6 Å². The predicted octanol–water partition coefficient (Wildman–Crippen LogP) is 1.92. The molecule has 0 saturated heterocycles. The van der Waals surface area contributed by atoms with E-state index in [1.807, 2.05) is 24.3 Å². The van der Waals surface area contributed by atoms with Crippen molar-refractivity contribution in [3.63, 3.8) is 0 Å². The Labute approximate surface area is 74.6 Å². The second kappa shape index (κ2) is 2.95. The number of halogens is 1. The zero-order chi connectivity index (χ0) is 8.39. The third-order valence-corrected chi connectivity index (χ3v) is 1.84. The first kappa shape index (κ1) is 7.31. The van der Waals surface area contributed by atoms with Gasteiger partial charge in [0.2, 0.25) is 0 Å². The van der Waals surface area contributed by atoms with Crippen molar-refractivity contribution in [3.8, 4) is 5.69 Å². The van der Waals surface area contributed by atoms with Gasteiger partial charge in [-0.3, -0.25) is 0 Å². The Bertz CT molecular complexity index is 370. The van der Waals surface area contributed by atoms with Gasteiger partial charge in [-0.2, -0.15) is 5.10 Å². The standard InChI is InChI=1S/C8H6ClN3/c9-7-3-1-2-4-8(7)12-6-10-5-11-12/h1-6H. The minimum atomic E-state index is 0.669. The lowest BCUT2D eigenvalue weighted by Gasteiger charge is -2.00. The van der Waals surface area contributed by atoms with Crippen molar-refractivity contribution < 1.29 is 0 Å². The molecule has 0 amide bonds.